The maximum atomic E-state index is 11.0. The van der Waals surface area contributed by atoms with Crippen LogP contribution in [0.2, 0.25) is 0 Å². The van der Waals surface area contributed by atoms with Crippen molar-refractivity contribution in [3.8, 4) is 0 Å². The fraction of sp³-hybridized carbons (Fsp3) is 0.444. The summed E-state index contributed by atoms with van der Waals surface area (Å²) in [5.74, 6) is -1.52. The van der Waals surface area contributed by atoms with Crippen molar-refractivity contribution < 1.29 is 19.7 Å². The SMILES string of the molecule is CC(C)[C@@H](Nc1sc([N+](=O)[O-])cc1[N+](=O)[O-])C(=O)O. The Morgan fingerprint density at radius 3 is 2.32 bits per heavy atom. The number of aliphatic carboxylic acids is 1. The molecule has 0 aliphatic heterocycles. The number of nitro groups is 2. The van der Waals surface area contributed by atoms with Crippen LogP contribution in [0.5, 0.6) is 0 Å². The molecule has 0 fully saturated rings. The number of rotatable bonds is 6. The molecular formula is C9H11N3O6S. The van der Waals surface area contributed by atoms with Crippen molar-refractivity contribution in [2.75, 3.05) is 5.32 Å². The van der Waals surface area contributed by atoms with Crippen LogP contribution in [0.15, 0.2) is 6.07 Å². The van der Waals surface area contributed by atoms with E-state index < -0.39 is 32.5 Å². The van der Waals surface area contributed by atoms with E-state index in [2.05, 4.69) is 5.32 Å². The maximum absolute atomic E-state index is 11.0. The molecule has 1 rings (SSSR count). The summed E-state index contributed by atoms with van der Waals surface area (Å²) in [6.45, 7) is 3.25. The molecular weight excluding hydrogens is 278 g/mol. The van der Waals surface area contributed by atoms with Gasteiger partial charge in [0.1, 0.15) is 12.1 Å². The minimum absolute atomic E-state index is 0.127. The summed E-state index contributed by atoms with van der Waals surface area (Å²) in [6, 6.07) is -0.247. The van der Waals surface area contributed by atoms with Crippen molar-refractivity contribution in [3.05, 3.63) is 26.3 Å². The van der Waals surface area contributed by atoms with Gasteiger partial charge in [-0.25, -0.2) is 4.79 Å². The Balaban J connectivity index is 3.14. The first-order valence-electron chi connectivity index (χ1n) is 5.16. The molecule has 1 atom stereocenters. The van der Waals surface area contributed by atoms with Gasteiger partial charge < -0.3 is 10.4 Å². The molecule has 0 saturated carbocycles. The van der Waals surface area contributed by atoms with E-state index in [4.69, 9.17) is 5.11 Å². The van der Waals surface area contributed by atoms with Crippen LogP contribution in [0.1, 0.15) is 13.8 Å². The zero-order valence-electron chi connectivity index (χ0n) is 10.0. The Bertz CT molecular complexity index is 526. The molecule has 1 aromatic rings. The second kappa shape index (κ2) is 5.61. The molecule has 0 unspecified atom stereocenters. The summed E-state index contributed by atoms with van der Waals surface area (Å²) in [6.07, 6.45) is 0. The number of carboxylic acids is 1. The molecule has 0 spiro atoms. The van der Waals surface area contributed by atoms with E-state index in [0.717, 1.165) is 6.07 Å². The molecule has 0 bridgehead atoms. The Kier molecular flexibility index (Phi) is 4.38. The van der Waals surface area contributed by atoms with Crippen LogP contribution >= 0.6 is 11.3 Å². The third-order valence-electron chi connectivity index (χ3n) is 2.30. The summed E-state index contributed by atoms with van der Waals surface area (Å²) >= 11 is 0.544. The Morgan fingerprint density at radius 2 is 1.95 bits per heavy atom. The molecule has 0 amide bonds. The van der Waals surface area contributed by atoms with E-state index in [1.165, 1.54) is 0 Å². The molecule has 19 heavy (non-hydrogen) atoms. The monoisotopic (exact) mass is 289 g/mol. The topological polar surface area (TPSA) is 136 Å². The fourth-order valence-corrected chi connectivity index (χ4v) is 2.23. The normalized spacial score (nSPS) is 12.2. The quantitative estimate of drug-likeness (QED) is 0.604. The van der Waals surface area contributed by atoms with Crippen LogP contribution in [0.3, 0.4) is 0 Å². The number of carboxylic acid groups (broad SMARTS) is 1. The van der Waals surface area contributed by atoms with Gasteiger partial charge in [0.05, 0.1) is 9.85 Å². The fourth-order valence-electron chi connectivity index (χ4n) is 1.35. The zero-order valence-corrected chi connectivity index (χ0v) is 10.8. The van der Waals surface area contributed by atoms with Crippen LogP contribution in [-0.4, -0.2) is 27.0 Å². The Hall–Kier alpha value is -2.23. The smallest absolute Gasteiger partial charge is 0.333 e. The van der Waals surface area contributed by atoms with Crippen molar-refractivity contribution in [1.29, 1.82) is 0 Å². The minimum atomic E-state index is -1.18. The van der Waals surface area contributed by atoms with Crippen molar-refractivity contribution in [2.45, 2.75) is 19.9 Å². The maximum Gasteiger partial charge on any atom is 0.333 e. The lowest BCUT2D eigenvalue weighted by Crippen LogP contribution is -2.34. The molecule has 9 nitrogen and oxygen atoms in total. The van der Waals surface area contributed by atoms with E-state index in [1.807, 2.05) is 0 Å². The summed E-state index contributed by atoms with van der Waals surface area (Å²) in [5, 5.41) is 32.3. The first-order chi connectivity index (χ1) is 8.73. The third-order valence-corrected chi connectivity index (χ3v) is 3.30. The van der Waals surface area contributed by atoms with Gasteiger partial charge in [0.15, 0.2) is 5.00 Å². The second-order valence-electron chi connectivity index (χ2n) is 4.02. The predicted molar refractivity (Wildman–Crippen MR) is 67.5 cm³/mol. The van der Waals surface area contributed by atoms with Crippen molar-refractivity contribution in [2.24, 2.45) is 5.92 Å². The molecule has 2 N–H and O–H groups in total. The minimum Gasteiger partial charge on any atom is -0.480 e. The third kappa shape index (κ3) is 3.37. The number of carbonyl (C=O) groups is 1. The number of hydrogen-bond donors (Lipinski definition) is 2. The molecule has 1 aromatic heterocycles. The highest BCUT2D eigenvalue weighted by atomic mass is 32.1. The van der Waals surface area contributed by atoms with Gasteiger partial charge in [-0.3, -0.25) is 20.2 Å². The van der Waals surface area contributed by atoms with E-state index in [-0.39, 0.29) is 10.9 Å². The van der Waals surface area contributed by atoms with E-state index >= 15 is 0 Å². The molecule has 0 aromatic carbocycles. The average Bonchev–Trinajstić information content (AvgIpc) is 2.68. The van der Waals surface area contributed by atoms with Crippen LogP contribution < -0.4 is 5.32 Å². The second-order valence-corrected chi connectivity index (χ2v) is 5.05. The predicted octanol–water partition coefficient (Wildman–Crippen LogP) is 2.09. The highest BCUT2D eigenvalue weighted by Gasteiger charge is 2.29. The van der Waals surface area contributed by atoms with Crippen LogP contribution in [-0.2, 0) is 4.79 Å². The molecule has 0 radical (unpaired) electrons. The van der Waals surface area contributed by atoms with E-state index in [1.54, 1.807) is 13.8 Å². The number of thiophene rings is 1. The van der Waals surface area contributed by atoms with Gasteiger partial charge in [-0.05, 0) is 17.3 Å². The molecule has 1 heterocycles. The van der Waals surface area contributed by atoms with E-state index in [9.17, 15) is 25.0 Å². The van der Waals surface area contributed by atoms with Gasteiger partial charge in [-0.2, -0.15) is 0 Å². The van der Waals surface area contributed by atoms with Crippen LogP contribution in [0.4, 0.5) is 15.7 Å². The van der Waals surface area contributed by atoms with Gasteiger partial charge >= 0.3 is 16.7 Å². The number of hydrogen-bond acceptors (Lipinski definition) is 7. The largest absolute Gasteiger partial charge is 0.480 e. The first kappa shape index (κ1) is 14.8. The first-order valence-corrected chi connectivity index (χ1v) is 5.97. The van der Waals surface area contributed by atoms with Gasteiger partial charge in [-0.15, -0.1) is 0 Å². The lowest BCUT2D eigenvalue weighted by atomic mass is 10.1. The lowest BCUT2D eigenvalue weighted by molar-refractivity contribution is -0.389. The van der Waals surface area contributed by atoms with Gasteiger partial charge in [0.25, 0.3) is 0 Å². The Morgan fingerprint density at radius 1 is 1.37 bits per heavy atom. The molecule has 104 valence electrons. The summed E-state index contributed by atoms with van der Waals surface area (Å²) < 4.78 is 0. The summed E-state index contributed by atoms with van der Waals surface area (Å²) in [5.41, 5.74) is -0.497. The number of nitrogens with zero attached hydrogens (tertiary/aromatic N) is 2. The Labute approximate surface area is 111 Å². The van der Waals surface area contributed by atoms with Crippen molar-refractivity contribution in [1.82, 2.24) is 0 Å². The molecule has 0 aliphatic carbocycles. The molecule has 0 saturated heterocycles. The summed E-state index contributed by atoms with van der Waals surface area (Å²) in [4.78, 5) is 30.8. The van der Waals surface area contributed by atoms with Crippen molar-refractivity contribution >= 4 is 33.0 Å². The molecule has 10 heteroatoms. The van der Waals surface area contributed by atoms with Crippen LogP contribution in [0.25, 0.3) is 0 Å². The van der Waals surface area contributed by atoms with Crippen molar-refractivity contribution in [3.63, 3.8) is 0 Å². The summed E-state index contributed by atoms with van der Waals surface area (Å²) in [7, 11) is 0. The van der Waals surface area contributed by atoms with E-state index in [0.29, 0.717) is 11.3 Å². The van der Waals surface area contributed by atoms with Gasteiger partial charge in [0.2, 0.25) is 0 Å². The highest BCUT2D eigenvalue weighted by Crippen LogP contribution is 2.39. The zero-order chi connectivity index (χ0) is 14.7. The number of anilines is 1. The average molecular weight is 289 g/mol. The highest BCUT2D eigenvalue weighted by molar-refractivity contribution is 7.19. The lowest BCUT2D eigenvalue weighted by Gasteiger charge is -2.17. The standard InChI is InChI=1S/C9H11N3O6S/c1-4(2)7(9(13)14)10-8-5(11(15)16)3-6(19-8)12(17)18/h3-4,7,10H,1-2H3,(H,13,14)/t7-/m1/s1. The molecule has 0 aliphatic rings. The van der Waals surface area contributed by atoms with Gasteiger partial charge in [0, 0.05) is 0 Å². The van der Waals surface area contributed by atoms with Gasteiger partial charge in [-0.1, -0.05) is 13.8 Å². The van der Waals surface area contributed by atoms with Crippen LogP contribution in [0, 0.1) is 26.1 Å². The number of nitrogens with one attached hydrogen (secondary N) is 1.